The van der Waals surface area contributed by atoms with Crippen molar-refractivity contribution in [3.05, 3.63) is 30.3 Å². The van der Waals surface area contributed by atoms with Crippen molar-refractivity contribution in [3.8, 4) is 0 Å². The topological polar surface area (TPSA) is 0 Å². The zero-order chi connectivity index (χ0) is 10.6. The van der Waals surface area contributed by atoms with E-state index in [1.807, 2.05) is 0 Å². The molecule has 0 aromatic heterocycles. The molecule has 1 rings (SSSR count). The zero-order valence-electron chi connectivity index (χ0n) is 9.83. The van der Waals surface area contributed by atoms with E-state index >= 15 is 0 Å². The van der Waals surface area contributed by atoms with Crippen LogP contribution >= 0.6 is 0 Å². The second kappa shape index (κ2) is 4.61. The molecule has 0 aliphatic rings. The molecule has 78 valence electrons. The maximum atomic E-state index is 2.32. The van der Waals surface area contributed by atoms with Crippen molar-refractivity contribution in [2.24, 2.45) is 0 Å². The number of para-hydroxylation sites is 1. The highest BCUT2D eigenvalue weighted by molar-refractivity contribution is 5.42. The molecule has 0 heterocycles. The summed E-state index contributed by atoms with van der Waals surface area (Å²) in [5.74, 6) is 0. The maximum absolute atomic E-state index is 2.32. The van der Waals surface area contributed by atoms with Crippen LogP contribution in [0.2, 0.25) is 0 Å². The SMILES string of the molecule is CCC[N@+](C)(c1ccccc1)C(C)C. The molecular weight excluding hydrogens is 170 g/mol. The molecule has 0 saturated carbocycles. The summed E-state index contributed by atoms with van der Waals surface area (Å²) in [6, 6.07) is 11.4. The average molecular weight is 192 g/mol. The molecule has 0 N–H and O–H groups in total. The van der Waals surface area contributed by atoms with Crippen molar-refractivity contribution in [2.75, 3.05) is 13.6 Å². The van der Waals surface area contributed by atoms with Crippen LogP contribution in [0.15, 0.2) is 30.3 Å². The summed E-state index contributed by atoms with van der Waals surface area (Å²) in [5.41, 5.74) is 1.42. The number of hydrogen-bond donors (Lipinski definition) is 0. The van der Waals surface area contributed by atoms with Gasteiger partial charge in [-0.25, -0.2) is 0 Å². The van der Waals surface area contributed by atoms with Gasteiger partial charge in [0, 0.05) is 0 Å². The van der Waals surface area contributed by atoms with Gasteiger partial charge in [-0.3, -0.25) is 4.48 Å². The lowest BCUT2D eigenvalue weighted by Gasteiger charge is -2.37. The molecule has 0 aliphatic carbocycles. The van der Waals surface area contributed by atoms with E-state index in [0.717, 1.165) is 4.48 Å². The molecule has 1 aromatic rings. The second-order valence-corrected chi connectivity index (χ2v) is 4.42. The Hall–Kier alpha value is -0.820. The molecule has 0 unspecified atom stereocenters. The van der Waals surface area contributed by atoms with E-state index in [0.29, 0.717) is 6.04 Å². The van der Waals surface area contributed by atoms with Crippen molar-refractivity contribution in [1.29, 1.82) is 0 Å². The number of rotatable bonds is 4. The lowest BCUT2D eigenvalue weighted by atomic mass is 10.1. The predicted molar refractivity (Wildman–Crippen MR) is 64.5 cm³/mol. The molecule has 0 fully saturated rings. The third-order valence-corrected chi connectivity index (χ3v) is 3.17. The minimum Gasteiger partial charge on any atom is -0.292 e. The van der Waals surface area contributed by atoms with Crippen molar-refractivity contribution in [1.82, 2.24) is 4.48 Å². The first-order chi connectivity index (χ1) is 6.61. The van der Waals surface area contributed by atoms with Gasteiger partial charge in [0.2, 0.25) is 0 Å². The van der Waals surface area contributed by atoms with E-state index in [1.54, 1.807) is 0 Å². The van der Waals surface area contributed by atoms with E-state index in [-0.39, 0.29) is 0 Å². The van der Waals surface area contributed by atoms with Gasteiger partial charge in [-0.1, -0.05) is 25.1 Å². The van der Waals surface area contributed by atoms with Gasteiger partial charge in [-0.2, -0.15) is 0 Å². The normalized spacial score (nSPS) is 15.5. The fourth-order valence-corrected chi connectivity index (χ4v) is 1.92. The van der Waals surface area contributed by atoms with Gasteiger partial charge >= 0.3 is 0 Å². The molecule has 0 bridgehead atoms. The summed E-state index contributed by atoms with van der Waals surface area (Å²) in [5, 5.41) is 0. The average Bonchev–Trinajstić information content (AvgIpc) is 2.19. The van der Waals surface area contributed by atoms with Gasteiger partial charge < -0.3 is 0 Å². The second-order valence-electron chi connectivity index (χ2n) is 4.42. The molecule has 14 heavy (non-hydrogen) atoms. The first-order valence-electron chi connectivity index (χ1n) is 5.52. The highest BCUT2D eigenvalue weighted by Gasteiger charge is 2.27. The molecule has 0 radical (unpaired) electrons. The van der Waals surface area contributed by atoms with Crippen LogP contribution in [0.5, 0.6) is 0 Å². The molecule has 1 aromatic carbocycles. The largest absolute Gasteiger partial charge is 0.292 e. The summed E-state index contributed by atoms with van der Waals surface area (Å²) >= 11 is 0. The van der Waals surface area contributed by atoms with E-state index in [2.05, 4.69) is 58.2 Å². The predicted octanol–water partition coefficient (Wildman–Crippen LogP) is 3.44. The van der Waals surface area contributed by atoms with Crippen LogP contribution < -0.4 is 4.48 Å². The number of benzene rings is 1. The highest BCUT2D eigenvalue weighted by atomic mass is 15.4. The van der Waals surface area contributed by atoms with Crippen LogP contribution in [0.1, 0.15) is 27.2 Å². The zero-order valence-corrected chi connectivity index (χ0v) is 9.83. The number of hydrogen-bond acceptors (Lipinski definition) is 0. The van der Waals surface area contributed by atoms with Crippen LogP contribution in [0.3, 0.4) is 0 Å². The van der Waals surface area contributed by atoms with Gasteiger partial charge in [0.25, 0.3) is 0 Å². The molecule has 0 amide bonds. The first-order valence-corrected chi connectivity index (χ1v) is 5.52. The molecular formula is C13H22N+. The van der Waals surface area contributed by atoms with Gasteiger partial charge in [0.05, 0.1) is 19.6 Å². The number of quaternary nitrogens is 1. The van der Waals surface area contributed by atoms with Crippen molar-refractivity contribution in [2.45, 2.75) is 33.2 Å². The Labute approximate surface area is 88.0 Å². The Morgan fingerprint density at radius 3 is 2.14 bits per heavy atom. The molecule has 1 nitrogen and oxygen atoms in total. The van der Waals surface area contributed by atoms with Crippen molar-refractivity contribution < 1.29 is 0 Å². The van der Waals surface area contributed by atoms with Gasteiger partial charge in [0.15, 0.2) is 0 Å². The minimum atomic E-state index is 0.636. The van der Waals surface area contributed by atoms with Crippen LogP contribution in [0.25, 0.3) is 0 Å². The molecule has 0 spiro atoms. The van der Waals surface area contributed by atoms with Crippen LogP contribution in [-0.2, 0) is 0 Å². The Kier molecular flexibility index (Phi) is 3.70. The smallest absolute Gasteiger partial charge is 0.132 e. The lowest BCUT2D eigenvalue weighted by molar-refractivity contribution is 0.272. The fraction of sp³-hybridized carbons (Fsp3) is 0.538. The lowest BCUT2D eigenvalue weighted by Crippen LogP contribution is -2.51. The third-order valence-electron chi connectivity index (χ3n) is 3.17. The standard InChI is InChI=1S/C13H22N/c1-5-11-14(4,12(2)3)13-9-7-6-8-10-13/h6-10,12H,5,11H2,1-4H3/q+1/t14-/m0/s1. The molecule has 1 atom stereocenters. The Morgan fingerprint density at radius 1 is 1.14 bits per heavy atom. The highest BCUT2D eigenvalue weighted by Crippen LogP contribution is 2.24. The Morgan fingerprint density at radius 2 is 1.71 bits per heavy atom. The molecule has 0 aliphatic heterocycles. The summed E-state index contributed by atoms with van der Waals surface area (Å²) in [7, 11) is 2.32. The maximum Gasteiger partial charge on any atom is 0.132 e. The monoisotopic (exact) mass is 192 g/mol. The minimum absolute atomic E-state index is 0.636. The van der Waals surface area contributed by atoms with Crippen LogP contribution in [0, 0.1) is 0 Å². The van der Waals surface area contributed by atoms with Gasteiger partial charge in [-0.05, 0) is 32.4 Å². The van der Waals surface area contributed by atoms with Crippen molar-refractivity contribution in [3.63, 3.8) is 0 Å². The molecule has 1 heteroatoms. The van der Waals surface area contributed by atoms with E-state index in [1.165, 1.54) is 18.7 Å². The number of nitrogens with zero attached hydrogens (tertiary/aromatic N) is 1. The summed E-state index contributed by atoms with van der Waals surface area (Å²) in [4.78, 5) is 0. The van der Waals surface area contributed by atoms with E-state index < -0.39 is 0 Å². The van der Waals surface area contributed by atoms with Gasteiger partial charge in [0.1, 0.15) is 5.69 Å². The van der Waals surface area contributed by atoms with Crippen LogP contribution in [0.4, 0.5) is 5.69 Å². The molecule has 0 saturated heterocycles. The van der Waals surface area contributed by atoms with E-state index in [4.69, 9.17) is 0 Å². The third kappa shape index (κ3) is 2.16. The summed E-state index contributed by atoms with van der Waals surface area (Å²) in [6.45, 7) is 8.05. The van der Waals surface area contributed by atoms with Crippen molar-refractivity contribution >= 4 is 5.69 Å². The quantitative estimate of drug-likeness (QED) is 0.641. The Bertz CT molecular complexity index is 266. The summed E-state index contributed by atoms with van der Waals surface area (Å²) < 4.78 is 1.04. The van der Waals surface area contributed by atoms with Crippen LogP contribution in [-0.4, -0.2) is 19.6 Å². The Balaban J connectivity index is 2.99. The van der Waals surface area contributed by atoms with E-state index in [9.17, 15) is 0 Å². The summed E-state index contributed by atoms with van der Waals surface area (Å²) in [6.07, 6.45) is 1.23. The fourth-order valence-electron chi connectivity index (χ4n) is 1.92. The van der Waals surface area contributed by atoms with Gasteiger partial charge in [-0.15, -0.1) is 0 Å². The first kappa shape index (κ1) is 11.3.